The summed E-state index contributed by atoms with van der Waals surface area (Å²) in [5.74, 6) is -5.55. The maximum absolute atomic E-state index is 12.8. The van der Waals surface area contributed by atoms with E-state index in [1.165, 1.54) is 32.2 Å². The molecule has 0 bridgehead atoms. The van der Waals surface area contributed by atoms with Crippen molar-refractivity contribution in [1.29, 1.82) is 0 Å². The quantitative estimate of drug-likeness (QED) is 0.551. The van der Waals surface area contributed by atoms with Crippen molar-refractivity contribution in [2.45, 2.75) is 38.7 Å². The Morgan fingerprint density at radius 3 is 2.36 bits per heavy atom. The Bertz CT molecular complexity index is 755. The summed E-state index contributed by atoms with van der Waals surface area (Å²) >= 11 is 0. The summed E-state index contributed by atoms with van der Waals surface area (Å²) in [6.07, 6.45) is -0.383. The molecule has 0 aliphatic heterocycles. The molecule has 0 aromatic heterocycles. The van der Waals surface area contributed by atoms with Crippen LogP contribution in [0.2, 0.25) is 0 Å². The van der Waals surface area contributed by atoms with Crippen molar-refractivity contribution in [3.63, 3.8) is 0 Å². The van der Waals surface area contributed by atoms with E-state index in [2.05, 4.69) is 0 Å². The first-order chi connectivity index (χ1) is 13.2. The fourth-order valence-electron chi connectivity index (χ4n) is 3.78. The summed E-state index contributed by atoms with van der Waals surface area (Å²) in [5, 5.41) is 20.8. The van der Waals surface area contributed by atoms with Gasteiger partial charge in [0.1, 0.15) is 5.92 Å². The van der Waals surface area contributed by atoms with Crippen LogP contribution in [0.4, 0.5) is 0 Å². The van der Waals surface area contributed by atoms with Gasteiger partial charge in [0.05, 0.1) is 31.8 Å². The second-order valence-corrected chi connectivity index (χ2v) is 6.92. The van der Waals surface area contributed by atoms with E-state index in [0.29, 0.717) is 5.56 Å². The Labute approximate surface area is 163 Å². The molecule has 0 heterocycles. The number of rotatable bonds is 6. The molecule has 28 heavy (non-hydrogen) atoms. The predicted molar refractivity (Wildman–Crippen MR) is 97.9 cm³/mol. The Hall–Kier alpha value is -2.61. The number of hydrogen-bond donors (Lipinski definition) is 2. The number of benzene rings is 1. The van der Waals surface area contributed by atoms with Gasteiger partial charge >= 0.3 is 11.9 Å². The molecule has 0 amide bonds. The standard InChI is InChI=1S/C20H26O8/c1-5-27-18(23)16-13(22)10-20(3,25)17(19(24)28-6-2)15(16)11-7-8-12(21)14(9-11)26-4/h7-9,15-17,21,25H,5-6,10H2,1-4H3/t15-,16+,17-,20+/m0/s1. The molecule has 2 N–H and O–H groups in total. The predicted octanol–water partition coefficient (Wildman–Crippen LogP) is 1.57. The Morgan fingerprint density at radius 1 is 1.18 bits per heavy atom. The third kappa shape index (κ3) is 4.11. The number of ketones is 1. The zero-order valence-corrected chi connectivity index (χ0v) is 16.4. The summed E-state index contributed by atoms with van der Waals surface area (Å²) in [6, 6.07) is 4.26. The molecule has 1 aliphatic rings. The molecule has 0 saturated heterocycles. The van der Waals surface area contributed by atoms with Gasteiger partial charge in [0.25, 0.3) is 0 Å². The van der Waals surface area contributed by atoms with Crippen molar-refractivity contribution in [3.05, 3.63) is 23.8 Å². The van der Waals surface area contributed by atoms with E-state index in [1.807, 2.05) is 0 Å². The van der Waals surface area contributed by atoms with Crippen LogP contribution in [0, 0.1) is 11.8 Å². The number of carbonyl (C=O) groups is 3. The van der Waals surface area contributed by atoms with Crippen LogP contribution in [0.15, 0.2) is 18.2 Å². The highest BCUT2D eigenvalue weighted by molar-refractivity contribution is 6.02. The molecule has 154 valence electrons. The lowest BCUT2D eigenvalue weighted by molar-refractivity contribution is -0.172. The molecule has 1 saturated carbocycles. The SMILES string of the molecule is CCOC(=O)[C@@H]1C(=O)C[C@@](C)(O)[C@H](C(=O)OCC)[C@H]1c1ccc(O)c(OC)c1. The molecule has 0 spiro atoms. The van der Waals surface area contributed by atoms with E-state index in [9.17, 15) is 24.6 Å². The number of aromatic hydroxyl groups is 1. The zero-order valence-electron chi connectivity index (χ0n) is 16.4. The average molecular weight is 394 g/mol. The molecule has 0 unspecified atom stereocenters. The third-order valence-corrected chi connectivity index (χ3v) is 4.94. The minimum Gasteiger partial charge on any atom is -0.504 e. The van der Waals surface area contributed by atoms with Crippen molar-refractivity contribution >= 4 is 17.7 Å². The summed E-state index contributed by atoms with van der Waals surface area (Å²) < 4.78 is 15.3. The fraction of sp³-hybridized carbons (Fsp3) is 0.550. The molecule has 1 aliphatic carbocycles. The summed E-state index contributed by atoms with van der Waals surface area (Å²) in [5.41, 5.74) is -1.35. The minimum atomic E-state index is -1.72. The maximum atomic E-state index is 12.8. The zero-order chi connectivity index (χ0) is 21.1. The van der Waals surface area contributed by atoms with Gasteiger partial charge in [-0.2, -0.15) is 0 Å². The van der Waals surface area contributed by atoms with Crippen LogP contribution in [0.25, 0.3) is 0 Å². The molecular formula is C20H26O8. The molecule has 4 atom stereocenters. The van der Waals surface area contributed by atoms with Gasteiger partial charge in [0, 0.05) is 12.3 Å². The number of ether oxygens (including phenoxy) is 3. The van der Waals surface area contributed by atoms with Crippen LogP contribution in [0.5, 0.6) is 11.5 Å². The van der Waals surface area contributed by atoms with Gasteiger partial charge in [-0.05, 0) is 38.5 Å². The lowest BCUT2D eigenvalue weighted by atomic mass is 9.61. The lowest BCUT2D eigenvalue weighted by Gasteiger charge is -2.43. The number of phenolic OH excluding ortho intramolecular Hbond substituents is 1. The number of Topliss-reactive ketones (excluding diaryl/α,β-unsaturated/α-hetero) is 1. The van der Waals surface area contributed by atoms with Crippen LogP contribution in [-0.2, 0) is 23.9 Å². The summed E-state index contributed by atoms with van der Waals surface area (Å²) in [7, 11) is 1.35. The third-order valence-electron chi connectivity index (χ3n) is 4.94. The van der Waals surface area contributed by atoms with Crippen LogP contribution in [0.3, 0.4) is 0 Å². The first-order valence-electron chi connectivity index (χ1n) is 9.13. The molecule has 1 aromatic carbocycles. The number of phenols is 1. The largest absolute Gasteiger partial charge is 0.504 e. The average Bonchev–Trinajstić information content (AvgIpc) is 2.61. The normalized spacial score (nSPS) is 27.2. The van der Waals surface area contributed by atoms with Crippen molar-refractivity contribution in [1.82, 2.24) is 0 Å². The van der Waals surface area contributed by atoms with Gasteiger partial charge in [-0.15, -0.1) is 0 Å². The molecule has 1 fully saturated rings. The molecule has 2 rings (SSSR count). The van der Waals surface area contributed by atoms with Gasteiger partial charge in [0.15, 0.2) is 17.3 Å². The van der Waals surface area contributed by atoms with Crippen LogP contribution < -0.4 is 4.74 Å². The van der Waals surface area contributed by atoms with Crippen LogP contribution in [-0.4, -0.2) is 53.9 Å². The van der Waals surface area contributed by atoms with E-state index in [0.717, 1.165) is 0 Å². The highest BCUT2D eigenvalue weighted by Crippen LogP contribution is 2.47. The number of hydrogen-bond acceptors (Lipinski definition) is 8. The topological polar surface area (TPSA) is 119 Å². The van der Waals surface area contributed by atoms with E-state index in [1.54, 1.807) is 13.8 Å². The van der Waals surface area contributed by atoms with Gasteiger partial charge in [0.2, 0.25) is 0 Å². The Balaban J connectivity index is 2.66. The first-order valence-corrected chi connectivity index (χ1v) is 9.13. The number of esters is 2. The van der Waals surface area contributed by atoms with Gasteiger partial charge in [-0.25, -0.2) is 0 Å². The van der Waals surface area contributed by atoms with Gasteiger partial charge in [-0.1, -0.05) is 6.07 Å². The highest BCUT2D eigenvalue weighted by Gasteiger charge is 2.57. The van der Waals surface area contributed by atoms with Crippen LogP contribution >= 0.6 is 0 Å². The molecule has 0 radical (unpaired) electrons. The lowest BCUT2D eigenvalue weighted by Crippen LogP contribution is -2.55. The number of aliphatic hydroxyl groups is 1. The van der Waals surface area contributed by atoms with E-state index < -0.39 is 41.1 Å². The number of methoxy groups -OCH3 is 1. The van der Waals surface area contributed by atoms with Crippen molar-refractivity contribution in [2.24, 2.45) is 11.8 Å². The molecular weight excluding hydrogens is 368 g/mol. The maximum Gasteiger partial charge on any atom is 0.317 e. The van der Waals surface area contributed by atoms with Crippen LogP contribution in [0.1, 0.15) is 38.7 Å². The monoisotopic (exact) mass is 394 g/mol. The van der Waals surface area contributed by atoms with E-state index in [-0.39, 0.29) is 31.1 Å². The Kier molecular flexibility index (Phi) is 6.66. The summed E-state index contributed by atoms with van der Waals surface area (Å²) in [4.78, 5) is 38.1. The number of carbonyl (C=O) groups excluding carboxylic acids is 3. The van der Waals surface area contributed by atoms with Gasteiger partial charge < -0.3 is 24.4 Å². The molecule has 8 nitrogen and oxygen atoms in total. The van der Waals surface area contributed by atoms with Crippen molar-refractivity contribution in [2.75, 3.05) is 20.3 Å². The van der Waals surface area contributed by atoms with Crippen molar-refractivity contribution < 1.29 is 38.8 Å². The molecule has 1 aromatic rings. The molecule has 8 heteroatoms. The fourth-order valence-corrected chi connectivity index (χ4v) is 3.78. The summed E-state index contributed by atoms with van der Waals surface area (Å²) in [6.45, 7) is 4.76. The smallest absolute Gasteiger partial charge is 0.317 e. The van der Waals surface area contributed by atoms with Crippen molar-refractivity contribution in [3.8, 4) is 11.5 Å². The first kappa shape index (κ1) is 21.7. The van der Waals surface area contributed by atoms with E-state index in [4.69, 9.17) is 14.2 Å². The van der Waals surface area contributed by atoms with E-state index >= 15 is 0 Å². The highest BCUT2D eigenvalue weighted by atomic mass is 16.5. The Morgan fingerprint density at radius 2 is 1.79 bits per heavy atom. The van der Waals surface area contributed by atoms with Gasteiger partial charge in [-0.3, -0.25) is 14.4 Å². The minimum absolute atomic E-state index is 0.0642. The second kappa shape index (κ2) is 8.60. The second-order valence-electron chi connectivity index (χ2n) is 6.92.